The molecule has 0 bridgehead atoms. The summed E-state index contributed by atoms with van der Waals surface area (Å²) < 4.78 is 0. The summed E-state index contributed by atoms with van der Waals surface area (Å²) in [5.74, 6) is 0.415. The fourth-order valence-electron chi connectivity index (χ4n) is 3.00. The van der Waals surface area contributed by atoms with Crippen LogP contribution >= 0.6 is 0 Å². The Morgan fingerprint density at radius 1 is 1.00 bits per heavy atom. The first-order valence-corrected chi connectivity index (χ1v) is 14.6. The van der Waals surface area contributed by atoms with Crippen LogP contribution in [-0.2, 0) is 0 Å². The van der Waals surface area contributed by atoms with Crippen LogP contribution in [0.4, 0.5) is 0 Å². The van der Waals surface area contributed by atoms with Gasteiger partial charge in [0.25, 0.3) is 0 Å². The summed E-state index contributed by atoms with van der Waals surface area (Å²) >= 11 is 0. The Hall–Kier alpha value is 0.134. The highest BCUT2D eigenvalue weighted by Crippen LogP contribution is 2.40. The van der Waals surface area contributed by atoms with Crippen LogP contribution < -0.4 is 5.11 Å². The molecule has 1 aliphatic carbocycles. The molecule has 1 fully saturated rings. The third kappa shape index (κ3) is 5.02. The molecule has 18 heavy (non-hydrogen) atoms. The van der Waals surface area contributed by atoms with Crippen LogP contribution in [-0.4, -0.2) is 22.3 Å². The van der Waals surface area contributed by atoms with E-state index in [0.717, 1.165) is 12.8 Å². The first-order valence-electron chi connectivity index (χ1n) is 7.46. The van der Waals surface area contributed by atoms with Crippen molar-refractivity contribution in [1.82, 2.24) is 0 Å². The van der Waals surface area contributed by atoms with Gasteiger partial charge in [-0.25, -0.2) is 0 Å². The number of hydrogen-bond donors (Lipinski definition) is 0. The second-order valence-electron chi connectivity index (χ2n) is 8.10. The average Bonchev–Trinajstić information content (AvgIpc) is 2.17. The molecular weight excluding hydrogens is 252 g/mol. The van der Waals surface area contributed by atoms with Crippen molar-refractivity contribution < 1.29 is 5.11 Å². The maximum atomic E-state index is 12.3. The molecule has 1 aliphatic rings. The minimum Gasteiger partial charge on any atom is -0.852 e. The zero-order chi connectivity index (χ0) is 14.0. The van der Waals surface area contributed by atoms with Gasteiger partial charge in [0.05, 0.1) is 16.1 Å². The maximum Gasteiger partial charge on any atom is 0.0682 e. The van der Waals surface area contributed by atoms with Gasteiger partial charge in [-0.3, -0.25) is 0 Å². The van der Waals surface area contributed by atoms with E-state index < -0.39 is 16.1 Å². The molecule has 0 aromatic rings. The van der Waals surface area contributed by atoms with Crippen LogP contribution in [0, 0.1) is 5.92 Å². The van der Waals surface area contributed by atoms with Crippen molar-refractivity contribution in [3.05, 3.63) is 11.8 Å². The van der Waals surface area contributed by atoms with Gasteiger partial charge < -0.3 is 5.11 Å². The van der Waals surface area contributed by atoms with Crippen LogP contribution in [0.15, 0.2) is 11.8 Å². The van der Waals surface area contributed by atoms with E-state index in [1.165, 1.54) is 12.8 Å². The molecule has 0 aromatic heterocycles. The van der Waals surface area contributed by atoms with Gasteiger partial charge in [-0.1, -0.05) is 82.7 Å². The van der Waals surface area contributed by atoms with Gasteiger partial charge in [-0.2, -0.15) is 0 Å². The van der Waals surface area contributed by atoms with Crippen molar-refractivity contribution in [2.45, 2.75) is 76.6 Å². The Morgan fingerprint density at radius 3 is 2.00 bits per heavy atom. The van der Waals surface area contributed by atoms with Crippen molar-refractivity contribution in [2.75, 3.05) is 0 Å². The van der Waals surface area contributed by atoms with Gasteiger partial charge in [0.1, 0.15) is 0 Å². The van der Waals surface area contributed by atoms with Gasteiger partial charge in [-0.05, 0) is 5.54 Å². The van der Waals surface area contributed by atoms with Gasteiger partial charge in [0.15, 0.2) is 0 Å². The van der Waals surface area contributed by atoms with Crippen LogP contribution in [0.1, 0.15) is 25.7 Å². The van der Waals surface area contributed by atoms with E-state index in [9.17, 15) is 5.11 Å². The molecule has 0 saturated heterocycles. The molecule has 1 saturated carbocycles. The summed E-state index contributed by atoms with van der Waals surface area (Å²) in [5.41, 5.74) is 3.06. The smallest absolute Gasteiger partial charge is 0.0682 e. The molecule has 0 amide bonds. The van der Waals surface area contributed by atoms with E-state index >= 15 is 0 Å². The normalized spacial score (nSPS) is 28.6. The lowest BCUT2D eigenvalue weighted by Crippen LogP contribution is -2.44. The van der Waals surface area contributed by atoms with E-state index in [0.29, 0.717) is 11.5 Å². The summed E-state index contributed by atoms with van der Waals surface area (Å²) in [4.78, 5) is 0. The van der Waals surface area contributed by atoms with E-state index in [1.54, 1.807) is 0 Å². The predicted molar refractivity (Wildman–Crippen MR) is 85.3 cm³/mol. The largest absolute Gasteiger partial charge is 0.852 e. The molecule has 0 spiro atoms. The van der Waals surface area contributed by atoms with Crippen LogP contribution in [0.25, 0.3) is 0 Å². The van der Waals surface area contributed by atoms with E-state index in [2.05, 4.69) is 51.1 Å². The minimum absolute atomic E-state index is 0.304. The average molecular weight is 284 g/mol. The molecular formula is C15H31OSi2-. The van der Waals surface area contributed by atoms with Gasteiger partial charge in [-0.15, -0.1) is 6.10 Å². The van der Waals surface area contributed by atoms with Crippen molar-refractivity contribution in [3.8, 4) is 0 Å². The Labute approximate surface area is 116 Å². The van der Waals surface area contributed by atoms with E-state index in [-0.39, 0.29) is 6.10 Å². The molecule has 0 aromatic carbocycles. The monoisotopic (exact) mass is 283 g/mol. The van der Waals surface area contributed by atoms with E-state index in [1.807, 2.05) is 0 Å². The molecule has 0 radical (unpaired) electrons. The summed E-state index contributed by atoms with van der Waals surface area (Å²) in [6.45, 7) is 14.4. The zero-order valence-corrected chi connectivity index (χ0v) is 15.1. The Balaban J connectivity index is 2.88. The number of rotatable bonds is 4. The van der Waals surface area contributed by atoms with Crippen molar-refractivity contribution in [3.63, 3.8) is 0 Å². The Bertz CT molecular complexity index is 286. The topological polar surface area (TPSA) is 23.1 Å². The van der Waals surface area contributed by atoms with Gasteiger partial charge in [0.2, 0.25) is 0 Å². The molecule has 1 rings (SSSR count). The fraction of sp³-hybridized carbons (Fsp3) is 0.867. The maximum absolute atomic E-state index is 12.3. The summed E-state index contributed by atoms with van der Waals surface area (Å²) in [7, 11) is -2.42. The highest BCUT2D eigenvalue weighted by molar-refractivity contribution is 6.81. The highest BCUT2D eigenvalue weighted by Gasteiger charge is 2.33. The number of allylic oxidation sites excluding steroid dienone is 1. The van der Waals surface area contributed by atoms with E-state index in [4.69, 9.17) is 0 Å². The summed E-state index contributed by atoms with van der Waals surface area (Å²) in [6.07, 6.45) is 6.65. The quantitative estimate of drug-likeness (QED) is 0.714. The molecule has 1 nitrogen and oxygen atoms in total. The third-order valence-electron chi connectivity index (χ3n) is 4.02. The summed E-state index contributed by atoms with van der Waals surface area (Å²) in [6, 6.07) is 0. The lowest BCUT2D eigenvalue weighted by molar-refractivity contribution is -0.438. The van der Waals surface area contributed by atoms with Gasteiger partial charge >= 0.3 is 0 Å². The standard InChI is InChI=1S/C15H31OSi2/c1-17(2,3)12-11-15(18(4,5)6)13-9-7-8-10-14(13)16/h11-15H,7-10H2,1-6H3/q-1/b12-11+/t13-,14-,15?/m1/s1. The van der Waals surface area contributed by atoms with Crippen LogP contribution in [0.5, 0.6) is 0 Å². The molecule has 3 heteroatoms. The molecule has 1 unspecified atom stereocenters. The first kappa shape index (κ1) is 16.2. The van der Waals surface area contributed by atoms with Crippen LogP contribution in [0.2, 0.25) is 44.8 Å². The zero-order valence-electron chi connectivity index (χ0n) is 13.1. The molecule has 3 atom stereocenters. The molecule has 0 aliphatic heterocycles. The highest BCUT2D eigenvalue weighted by atomic mass is 28.3. The lowest BCUT2D eigenvalue weighted by Gasteiger charge is -2.45. The second-order valence-corrected chi connectivity index (χ2v) is 18.6. The van der Waals surface area contributed by atoms with Crippen LogP contribution in [0.3, 0.4) is 0 Å². The van der Waals surface area contributed by atoms with Gasteiger partial charge in [0, 0.05) is 0 Å². The first-order chi connectivity index (χ1) is 8.11. The minimum atomic E-state index is -1.28. The molecule has 0 heterocycles. The SMILES string of the molecule is C[Si](C)(C)/C=C/C([C@@H]1CCCC[C@H]1[O-])[Si](C)(C)C. The molecule has 0 N–H and O–H groups in total. The van der Waals surface area contributed by atoms with Crippen molar-refractivity contribution in [1.29, 1.82) is 0 Å². The lowest BCUT2D eigenvalue weighted by atomic mass is 9.84. The molecule has 106 valence electrons. The summed E-state index contributed by atoms with van der Waals surface area (Å²) in [5, 5.41) is 12.3. The van der Waals surface area contributed by atoms with Crippen molar-refractivity contribution in [2.24, 2.45) is 5.92 Å². The van der Waals surface area contributed by atoms with Crippen molar-refractivity contribution >= 4 is 16.1 Å². The predicted octanol–water partition coefficient (Wildman–Crippen LogP) is 4.05. The fourth-order valence-corrected chi connectivity index (χ4v) is 6.32. The second kappa shape index (κ2) is 6.06. The Kier molecular flexibility index (Phi) is 5.45. The number of hydrogen-bond acceptors (Lipinski definition) is 1. The third-order valence-corrected chi connectivity index (χ3v) is 7.83. The Morgan fingerprint density at radius 2 is 1.56 bits per heavy atom.